The zero-order valence-corrected chi connectivity index (χ0v) is 7.54. The van der Waals surface area contributed by atoms with E-state index in [2.05, 4.69) is 0 Å². The molecule has 0 radical (unpaired) electrons. The molecule has 1 aromatic rings. The maximum Gasteiger partial charge on any atom is 0.254 e. The Morgan fingerprint density at radius 2 is 2.07 bits per heavy atom. The van der Waals surface area contributed by atoms with Gasteiger partial charge < -0.3 is 0 Å². The van der Waals surface area contributed by atoms with Crippen LogP contribution in [-0.4, -0.2) is 12.2 Å². The fraction of sp³-hybridized carbons (Fsp3) is 0.364. The van der Waals surface area contributed by atoms with Gasteiger partial charge in [0.15, 0.2) is 0 Å². The number of benzene rings is 1. The van der Waals surface area contributed by atoms with Gasteiger partial charge in [-0.25, -0.2) is 8.78 Å². The predicted molar refractivity (Wildman–Crippen MR) is 48.8 cm³/mol. The van der Waals surface area contributed by atoms with Crippen LogP contribution in [0.4, 0.5) is 8.78 Å². The molecule has 1 atom stereocenters. The number of alkyl halides is 2. The van der Waals surface area contributed by atoms with E-state index in [1.807, 2.05) is 0 Å². The molecule has 1 fully saturated rings. The van der Waals surface area contributed by atoms with Crippen molar-refractivity contribution in [2.24, 2.45) is 0 Å². The van der Waals surface area contributed by atoms with Crippen molar-refractivity contribution in [1.29, 1.82) is 0 Å². The molecule has 0 spiro atoms. The lowest BCUT2D eigenvalue weighted by molar-refractivity contribution is -0.0963. The summed E-state index contributed by atoms with van der Waals surface area (Å²) < 4.78 is 26.2. The molecule has 0 aliphatic heterocycles. The Kier molecular flexibility index (Phi) is 2.10. The van der Waals surface area contributed by atoms with Gasteiger partial charge in [0.1, 0.15) is 6.29 Å². The van der Waals surface area contributed by atoms with Gasteiger partial charge in [-0.3, -0.25) is 4.79 Å². The molecule has 0 N–H and O–H groups in total. The molecule has 0 heterocycles. The fourth-order valence-electron chi connectivity index (χ4n) is 1.83. The van der Waals surface area contributed by atoms with Crippen LogP contribution in [0.1, 0.15) is 34.7 Å². The number of carbonyl (C=O) groups excluding carboxylic acids is 1. The first kappa shape index (κ1) is 9.31. The van der Waals surface area contributed by atoms with Crippen LogP contribution in [-0.2, 0) is 0 Å². The molecule has 1 unspecified atom stereocenters. The van der Waals surface area contributed by atoms with E-state index in [4.69, 9.17) is 0 Å². The summed E-state index contributed by atoms with van der Waals surface area (Å²) in [6.45, 7) is 0. The second kappa shape index (κ2) is 3.15. The van der Waals surface area contributed by atoms with Crippen molar-refractivity contribution in [3.63, 3.8) is 0 Å². The Hall–Kier alpha value is -1.25. The number of rotatable bonds is 2. The van der Waals surface area contributed by atoms with Gasteiger partial charge in [0.25, 0.3) is 5.92 Å². The third-order valence-corrected chi connectivity index (χ3v) is 2.77. The largest absolute Gasteiger partial charge is 0.298 e. The minimum absolute atomic E-state index is 0.0646. The molecule has 3 heteroatoms. The normalized spacial score (nSPS) is 24.0. The minimum Gasteiger partial charge on any atom is -0.298 e. The first-order chi connectivity index (χ1) is 6.65. The van der Waals surface area contributed by atoms with E-state index in [9.17, 15) is 13.6 Å². The minimum atomic E-state index is -2.63. The van der Waals surface area contributed by atoms with Crippen LogP contribution >= 0.6 is 0 Å². The van der Waals surface area contributed by atoms with E-state index in [0.717, 1.165) is 0 Å². The molecule has 1 aromatic carbocycles. The summed E-state index contributed by atoms with van der Waals surface area (Å²) in [6, 6.07) is 6.57. The summed E-state index contributed by atoms with van der Waals surface area (Å²) in [5.41, 5.74) is 0.871. The van der Waals surface area contributed by atoms with E-state index in [-0.39, 0.29) is 6.42 Å². The Morgan fingerprint density at radius 3 is 2.57 bits per heavy atom. The van der Waals surface area contributed by atoms with Crippen LogP contribution in [0.2, 0.25) is 0 Å². The first-order valence-electron chi connectivity index (χ1n) is 4.57. The highest BCUT2D eigenvalue weighted by Gasteiger charge is 2.49. The van der Waals surface area contributed by atoms with E-state index in [1.165, 1.54) is 0 Å². The maximum absolute atomic E-state index is 13.1. The quantitative estimate of drug-likeness (QED) is 0.664. The molecule has 1 nitrogen and oxygen atoms in total. The lowest BCUT2D eigenvalue weighted by Crippen LogP contribution is -2.37. The van der Waals surface area contributed by atoms with Gasteiger partial charge in [0, 0.05) is 17.9 Å². The van der Waals surface area contributed by atoms with Crippen LogP contribution in [0.25, 0.3) is 0 Å². The standard InChI is InChI=1S/C11H10F2O/c12-11(13)6-5-10(11)9-4-2-1-3-8(9)7-14/h1-4,7,10H,5-6H2. The summed E-state index contributed by atoms with van der Waals surface area (Å²) in [7, 11) is 0. The SMILES string of the molecule is O=Cc1ccccc1C1CCC1(F)F. The summed E-state index contributed by atoms with van der Waals surface area (Å²) in [6.07, 6.45) is 1.05. The molecule has 14 heavy (non-hydrogen) atoms. The molecule has 1 aliphatic carbocycles. The number of hydrogen-bond acceptors (Lipinski definition) is 1. The Balaban J connectivity index is 2.37. The molecular formula is C11H10F2O. The average molecular weight is 196 g/mol. The summed E-state index contributed by atoms with van der Waals surface area (Å²) in [5.74, 6) is -3.39. The second-order valence-electron chi connectivity index (χ2n) is 3.60. The van der Waals surface area contributed by atoms with Crippen LogP contribution in [0.15, 0.2) is 24.3 Å². The molecule has 0 bridgehead atoms. The van der Waals surface area contributed by atoms with Crippen molar-refractivity contribution < 1.29 is 13.6 Å². The van der Waals surface area contributed by atoms with E-state index < -0.39 is 11.8 Å². The van der Waals surface area contributed by atoms with Crippen molar-refractivity contribution in [2.75, 3.05) is 0 Å². The van der Waals surface area contributed by atoms with Crippen LogP contribution in [0.5, 0.6) is 0 Å². The van der Waals surface area contributed by atoms with Gasteiger partial charge in [0.2, 0.25) is 0 Å². The van der Waals surface area contributed by atoms with Gasteiger partial charge in [-0.05, 0) is 12.0 Å². The van der Waals surface area contributed by atoms with Crippen molar-refractivity contribution in [2.45, 2.75) is 24.7 Å². The zero-order valence-electron chi connectivity index (χ0n) is 7.54. The fourth-order valence-corrected chi connectivity index (χ4v) is 1.83. The summed E-state index contributed by atoms with van der Waals surface area (Å²) >= 11 is 0. The highest BCUT2D eigenvalue weighted by molar-refractivity contribution is 5.77. The van der Waals surface area contributed by atoms with E-state index in [1.54, 1.807) is 24.3 Å². The molecular weight excluding hydrogens is 186 g/mol. The average Bonchev–Trinajstić information content (AvgIpc) is 2.17. The molecule has 1 saturated carbocycles. The van der Waals surface area contributed by atoms with E-state index in [0.29, 0.717) is 23.8 Å². The highest BCUT2D eigenvalue weighted by Crippen LogP contribution is 2.50. The van der Waals surface area contributed by atoms with Crippen LogP contribution < -0.4 is 0 Å². The molecule has 2 rings (SSSR count). The topological polar surface area (TPSA) is 17.1 Å². The monoisotopic (exact) mass is 196 g/mol. The van der Waals surface area contributed by atoms with Gasteiger partial charge in [-0.1, -0.05) is 24.3 Å². The van der Waals surface area contributed by atoms with Crippen molar-refractivity contribution in [1.82, 2.24) is 0 Å². The van der Waals surface area contributed by atoms with Gasteiger partial charge in [-0.15, -0.1) is 0 Å². The highest BCUT2D eigenvalue weighted by atomic mass is 19.3. The smallest absolute Gasteiger partial charge is 0.254 e. The number of carbonyl (C=O) groups is 1. The van der Waals surface area contributed by atoms with Gasteiger partial charge in [0.05, 0.1) is 0 Å². The maximum atomic E-state index is 13.1. The lowest BCUT2D eigenvalue weighted by atomic mass is 9.75. The van der Waals surface area contributed by atoms with Crippen molar-refractivity contribution in [3.8, 4) is 0 Å². The van der Waals surface area contributed by atoms with Gasteiger partial charge in [-0.2, -0.15) is 0 Å². The number of hydrogen-bond donors (Lipinski definition) is 0. The van der Waals surface area contributed by atoms with Crippen LogP contribution in [0, 0.1) is 0 Å². The Labute approximate surface area is 80.7 Å². The molecule has 0 amide bonds. The summed E-state index contributed by atoms with van der Waals surface area (Å²) in [5, 5.41) is 0. The zero-order chi connectivity index (χ0) is 10.2. The Bertz CT molecular complexity index is 360. The van der Waals surface area contributed by atoms with E-state index >= 15 is 0 Å². The van der Waals surface area contributed by atoms with Crippen LogP contribution in [0.3, 0.4) is 0 Å². The number of halogens is 2. The number of aldehydes is 1. The summed E-state index contributed by atoms with van der Waals surface area (Å²) in [4.78, 5) is 10.6. The van der Waals surface area contributed by atoms with Crippen molar-refractivity contribution in [3.05, 3.63) is 35.4 Å². The third kappa shape index (κ3) is 1.33. The Morgan fingerprint density at radius 1 is 1.36 bits per heavy atom. The molecule has 0 saturated heterocycles. The first-order valence-corrected chi connectivity index (χ1v) is 4.57. The second-order valence-corrected chi connectivity index (χ2v) is 3.60. The van der Waals surface area contributed by atoms with Gasteiger partial charge >= 0.3 is 0 Å². The molecule has 0 aromatic heterocycles. The molecule has 1 aliphatic rings. The molecule has 74 valence electrons. The lowest BCUT2D eigenvalue weighted by Gasteiger charge is -2.37. The predicted octanol–water partition coefficient (Wildman–Crippen LogP) is 3.01. The third-order valence-electron chi connectivity index (χ3n) is 2.77. The van der Waals surface area contributed by atoms with Crippen molar-refractivity contribution >= 4 is 6.29 Å².